The molecule has 21 heavy (non-hydrogen) atoms. The van der Waals surface area contributed by atoms with Gasteiger partial charge in [0.15, 0.2) is 5.82 Å². The highest BCUT2D eigenvalue weighted by atomic mass is 35.5. The summed E-state index contributed by atoms with van der Waals surface area (Å²) < 4.78 is 5.61. The molecular weight excluding hydrogens is 307 g/mol. The minimum absolute atomic E-state index is 0.436. The van der Waals surface area contributed by atoms with E-state index in [1.54, 1.807) is 6.07 Å². The SMILES string of the molecule is Nc1noc(C2CC3CCC2C3)c1-c1ccc(Cl)c(Cl)c1. The molecule has 2 N–H and O–H groups in total. The second kappa shape index (κ2) is 4.92. The molecule has 2 aromatic rings. The fraction of sp³-hybridized carbons (Fsp3) is 0.438. The van der Waals surface area contributed by atoms with Gasteiger partial charge in [0.2, 0.25) is 0 Å². The first-order valence-electron chi connectivity index (χ1n) is 7.34. The van der Waals surface area contributed by atoms with Crippen molar-refractivity contribution in [3.8, 4) is 11.1 Å². The van der Waals surface area contributed by atoms with Crippen molar-refractivity contribution in [1.82, 2.24) is 5.16 Å². The van der Waals surface area contributed by atoms with Crippen LogP contribution in [0.3, 0.4) is 0 Å². The molecule has 4 rings (SSSR count). The number of aromatic nitrogens is 1. The maximum Gasteiger partial charge on any atom is 0.175 e. The van der Waals surface area contributed by atoms with Gasteiger partial charge in [0, 0.05) is 5.92 Å². The zero-order valence-corrected chi connectivity index (χ0v) is 13.0. The number of rotatable bonds is 2. The van der Waals surface area contributed by atoms with Gasteiger partial charge in [0.1, 0.15) is 5.76 Å². The molecule has 3 unspecified atom stereocenters. The van der Waals surface area contributed by atoms with Crippen LogP contribution in [0.15, 0.2) is 22.7 Å². The average Bonchev–Trinajstić information content (AvgIpc) is 3.16. The van der Waals surface area contributed by atoms with Crippen molar-refractivity contribution >= 4 is 29.0 Å². The van der Waals surface area contributed by atoms with Crippen molar-refractivity contribution < 1.29 is 4.52 Å². The number of hydrogen-bond acceptors (Lipinski definition) is 3. The summed E-state index contributed by atoms with van der Waals surface area (Å²) in [7, 11) is 0. The lowest BCUT2D eigenvalue weighted by Gasteiger charge is -2.20. The van der Waals surface area contributed by atoms with Crippen LogP contribution in [0, 0.1) is 11.8 Å². The monoisotopic (exact) mass is 322 g/mol. The average molecular weight is 323 g/mol. The van der Waals surface area contributed by atoms with Crippen molar-refractivity contribution in [1.29, 1.82) is 0 Å². The number of anilines is 1. The number of nitrogen functional groups attached to an aromatic ring is 1. The number of halogens is 2. The summed E-state index contributed by atoms with van der Waals surface area (Å²) in [6, 6.07) is 5.55. The molecule has 3 nitrogen and oxygen atoms in total. The highest BCUT2D eigenvalue weighted by molar-refractivity contribution is 6.42. The van der Waals surface area contributed by atoms with Gasteiger partial charge < -0.3 is 10.3 Å². The third-order valence-corrected chi connectivity index (χ3v) is 5.77. The number of nitrogens with two attached hydrogens (primary N) is 1. The minimum Gasteiger partial charge on any atom is -0.380 e. The molecule has 1 heterocycles. The van der Waals surface area contributed by atoms with Crippen LogP contribution in [0.25, 0.3) is 11.1 Å². The molecule has 1 aromatic carbocycles. The summed E-state index contributed by atoms with van der Waals surface area (Å²) in [6.07, 6.45) is 5.14. The Hall–Kier alpha value is -1.19. The van der Waals surface area contributed by atoms with Gasteiger partial charge in [-0.1, -0.05) is 40.8 Å². The van der Waals surface area contributed by atoms with E-state index in [0.717, 1.165) is 22.8 Å². The number of benzene rings is 1. The highest BCUT2D eigenvalue weighted by Gasteiger charge is 2.43. The van der Waals surface area contributed by atoms with E-state index in [1.807, 2.05) is 12.1 Å². The summed E-state index contributed by atoms with van der Waals surface area (Å²) in [6.45, 7) is 0. The summed E-state index contributed by atoms with van der Waals surface area (Å²) in [5, 5.41) is 5.06. The van der Waals surface area contributed by atoms with Crippen LogP contribution in [0.2, 0.25) is 10.0 Å². The summed E-state index contributed by atoms with van der Waals surface area (Å²) in [4.78, 5) is 0. The molecular formula is C16H16Cl2N2O. The van der Waals surface area contributed by atoms with Gasteiger partial charge in [-0.15, -0.1) is 0 Å². The molecule has 5 heteroatoms. The van der Waals surface area contributed by atoms with Gasteiger partial charge in [-0.25, -0.2) is 0 Å². The Labute approximate surface area is 133 Å². The van der Waals surface area contributed by atoms with Crippen molar-refractivity contribution in [2.75, 3.05) is 5.73 Å². The molecule has 0 radical (unpaired) electrons. The number of nitrogens with zero attached hydrogens (tertiary/aromatic N) is 1. The van der Waals surface area contributed by atoms with Gasteiger partial charge in [-0.2, -0.15) is 0 Å². The van der Waals surface area contributed by atoms with Crippen LogP contribution >= 0.6 is 23.2 Å². The number of fused-ring (bicyclic) bond motifs is 2. The van der Waals surface area contributed by atoms with E-state index in [0.29, 0.717) is 27.7 Å². The van der Waals surface area contributed by atoms with Crippen LogP contribution in [0.1, 0.15) is 37.4 Å². The molecule has 1 aromatic heterocycles. The van der Waals surface area contributed by atoms with Crippen LogP contribution in [0.5, 0.6) is 0 Å². The third-order valence-electron chi connectivity index (χ3n) is 5.03. The van der Waals surface area contributed by atoms with Crippen molar-refractivity contribution in [2.45, 2.75) is 31.6 Å². The van der Waals surface area contributed by atoms with Gasteiger partial charge in [-0.3, -0.25) is 0 Å². The lowest BCUT2D eigenvalue weighted by atomic mass is 9.84. The van der Waals surface area contributed by atoms with E-state index in [9.17, 15) is 0 Å². The van der Waals surface area contributed by atoms with E-state index in [2.05, 4.69) is 5.16 Å². The molecule has 2 saturated carbocycles. The molecule has 3 atom stereocenters. The standard InChI is InChI=1S/C16H16Cl2N2O/c17-12-4-3-10(7-13(12)18)14-15(21-20-16(14)19)11-6-8-1-2-9(11)5-8/h3-4,7-9,11H,1-2,5-6H2,(H2,19,20). The van der Waals surface area contributed by atoms with Crippen LogP contribution in [-0.4, -0.2) is 5.16 Å². The minimum atomic E-state index is 0.436. The zero-order valence-electron chi connectivity index (χ0n) is 11.5. The second-order valence-electron chi connectivity index (χ2n) is 6.22. The molecule has 110 valence electrons. The maximum absolute atomic E-state index is 6.13. The van der Waals surface area contributed by atoms with Crippen molar-refractivity contribution in [2.24, 2.45) is 11.8 Å². The molecule has 2 bridgehead atoms. The predicted octanol–water partition coefficient (Wildman–Crippen LogP) is 5.13. The number of hydrogen-bond donors (Lipinski definition) is 1. The Balaban J connectivity index is 1.78. The third kappa shape index (κ3) is 2.14. The summed E-state index contributed by atoms with van der Waals surface area (Å²) in [5.41, 5.74) is 7.87. The zero-order chi connectivity index (χ0) is 14.6. The normalized spacial score (nSPS) is 27.4. The Morgan fingerprint density at radius 1 is 1.14 bits per heavy atom. The Bertz CT molecular complexity index is 698. The first kappa shape index (κ1) is 13.5. The van der Waals surface area contributed by atoms with Gasteiger partial charge in [0.05, 0.1) is 15.6 Å². The summed E-state index contributed by atoms with van der Waals surface area (Å²) in [5.74, 6) is 3.36. The Kier molecular flexibility index (Phi) is 3.16. The lowest BCUT2D eigenvalue weighted by molar-refractivity contribution is 0.312. The molecule has 0 amide bonds. The molecule has 2 fully saturated rings. The van der Waals surface area contributed by atoms with E-state index < -0.39 is 0 Å². The fourth-order valence-electron chi connectivity index (χ4n) is 4.08. The van der Waals surface area contributed by atoms with E-state index >= 15 is 0 Å². The van der Waals surface area contributed by atoms with Crippen molar-refractivity contribution in [3.63, 3.8) is 0 Å². The van der Waals surface area contributed by atoms with Crippen LogP contribution in [-0.2, 0) is 0 Å². The van der Waals surface area contributed by atoms with Crippen LogP contribution in [0.4, 0.5) is 5.82 Å². The first-order valence-corrected chi connectivity index (χ1v) is 8.09. The van der Waals surface area contributed by atoms with Crippen LogP contribution < -0.4 is 5.73 Å². The molecule has 0 spiro atoms. The lowest BCUT2D eigenvalue weighted by Crippen LogP contribution is -2.08. The molecule has 2 aliphatic rings. The topological polar surface area (TPSA) is 52.0 Å². The van der Waals surface area contributed by atoms with E-state index in [1.165, 1.54) is 25.7 Å². The first-order chi connectivity index (χ1) is 10.1. The summed E-state index contributed by atoms with van der Waals surface area (Å²) >= 11 is 12.1. The predicted molar refractivity (Wildman–Crippen MR) is 84.6 cm³/mol. The highest BCUT2D eigenvalue weighted by Crippen LogP contribution is 2.55. The fourth-order valence-corrected chi connectivity index (χ4v) is 4.37. The largest absolute Gasteiger partial charge is 0.380 e. The van der Waals surface area contributed by atoms with Gasteiger partial charge in [0.25, 0.3) is 0 Å². The molecule has 0 saturated heterocycles. The quantitative estimate of drug-likeness (QED) is 0.833. The van der Waals surface area contributed by atoms with Crippen molar-refractivity contribution in [3.05, 3.63) is 34.0 Å². The van der Waals surface area contributed by atoms with E-state index in [-0.39, 0.29) is 0 Å². The van der Waals surface area contributed by atoms with Gasteiger partial charge >= 0.3 is 0 Å². The van der Waals surface area contributed by atoms with Gasteiger partial charge in [-0.05, 0) is 48.8 Å². The molecule has 2 aliphatic carbocycles. The Morgan fingerprint density at radius 3 is 2.67 bits per heavy atom. The smallest absolute Gasteiger partial charge is 0.175 e. The Morgan fingerprint density at radius 2 is 2.00 bits per heavy atom. The van der Waals surface area contributed by atoms with E-state index in [4.69, 9.17) is 33.5 Å². The molecule has 0 aliphatic heterocycles. The second-order valence-corrected chi connectivity index (χ2v) is 7.03. The maximum atomic E-state index is 6.13.